The molecule has 2 aromatic heterocycles. The van der Waals surface area contributed by atoms with Crippen LogP contribution < -0.4 is 11.1 Å². The van der Waals surface area contributed by atoms with Gasteiger partial charge in [-0.15, -0.1) is 20.2 Å². The maximum Gasteiger partial charge on any atom is 0.342 e. The van der Waals surface area contributed by atoms with E-state index in [2.05, 4.69) is 10.2 Å². The van der Waals surface area contributed by atoms with Crippen molar-refractivity contribution in [2.45, 2.75) is 0 Å². The smallest absolute Gasteiger partial charge is 0.342 e. The van der Waals surface area contributed by atoms with Gasteiger partial charge in [-0.05, 0) is 24.3 Å². The van der Waals surface area contributed by atoms with Gasteiger partial charge in [-0.25, -0.2) is 0 Å². The Kier molecular flexibility index (Phi) is 4.44. The van der Waals surface area contributed by atoms with E-state index in [1.54, 1.807) is 48.5 Å². The van der Waals surface area contributed by atoms with E-state index in [1.165, 1.54) is 12.1 Å². The Balaban J connectivity index is 1.51. The van der Waals surface area contributed by atoms with Crippen LogP contribution in [0.1, 0.15) is 0 Å². The molecule has 0 atom stereocenters. The van der Waals surface area contributed by atoms with E-state index in [9.17, 15) is 19.2 Å². The summed E-state index contributed by atoms with van der Waals surface area (Å²) in [6.07, 6.45) is 0. The molecule has 1 saturated heterocycles. The molecule has 1 fully saturated rings. The lowest BCUT2D eigenvalue weighted by Gasteiger charge is -2.23. The zero-order chi connectivity index (χ0) is 22.2. The van der Waals surface area contributed by atoms with Gasteiger partial charge in [0.25, 0.3) is 0 Å². The first-order valence-corrected chi connectivity index (χ1v) is 9.35. The quantitative estimate of drug-likeness (QED) is 0.349. The minimum Gasteiger partial charge on any atom is -0.437 e. The lowest BCUT2D eigenvalue weighted by atomic mass is 10.2. The molecule has 156 valence electrons. The van der Waals surface area contributed by atoms with E-state index in [4.69, 9.17) is 8.83 Å². The van der Waals surface area contributed by atoms with E-state index in [-0.39, 0.29) is 21.1 Å². The second-order valence-corrected chi connectivity index (χ2v) is 6.67. The topological polar surface area (TPSA) is 126 Å². The summed E-state index contributed by atoms with van der Waals surface area (Å²) in [6.45, 7) is 0. The molecule has 4 aromatic rings. The van der Waals surface area contributed by atoms with Gasteiger partial charge in [0.05, 0.1) is 0 Å². The highest BCUT2D eigenvalue weighted by Gasteiger charge is 2.46. The van der Waals surface area contributed by atoms with Crippen molar-refractivity contribution in [1.82, 2.24) is 10.0 Å². The zero-order valence-corrected chi connectivity index (χ0v) is 16.2. The highest BCUT2D eigenvalue weighted by Crippen LogP contribution is 2.13. The third-order valence-electron chi connectivity index (χ3n) is 4.61. The molecule has 0 bridgehead atoms. The van der Waals surface area contributed by atoms with Crippen LogP contribution in [0.2, 0.25) is 0 Å². The van der Waals surface area contributed by atoms with E-state index in [0.29, 0.717) is 11.2 Å². The number of para-hydroxylation sites is 2. The van der Waals surface area contributed by atoms with E-state index in [1.807, 2.05) is 12.1 Å². The lowest BCUT2D eigenvalue weighted by molar-refractivity contribution is -0.171. The number of carbonyl (C=O) groups is 4. The predicted molar refractivity (Wildman–Crippen MR) is 107 cm³/mol. The molecule has 0 aliphatic carbocycles. The number of fused-ring (bicyclic) bond motifs is 2. The Morgan fingerprint density at radius 3 is 1.28 bits per heavy atom. The van der Waals surface area contributed by atoms with Crippen LogP contribution in [0, 0.1) is 0 Å². The van der Waals surface area contributed by atoms with Gasteiger partial charge in [-0.3, -0.25) is 19.2 Å². The van der Waals surface area contributed by atoms with Crippen molar-refractivity contribution >= 4 is 45.6 Å². The molecule has 2 aromatic carbocycles. The summed E-state index contributed by atoms with van der Waals surface area (Å²) in [5.74, 6) is -5.44. The molecule has 3 heterocycles. The van der Waals surface area contributed by atoms with Gasteiger partial charge in [0.15, 0.2) is 0 Å². The molecule has 10 heteroatoms. The maximum atomic E-state index is 12.5. The van der Waals surface area contributed by atoms with Crippen molar-refractivity contribution < 1.29 is 28.0 Å². The summed E-state index contributed by atoms with van der Waals surface area (Å²) in [6, 6.07) is 20.1. The first-order chi connectivity index (χ1) is 15.5. The fourth-order valence-corrected chi connectivity index (χ4v) is 3.07. The van der Waals surface area contributed by atoms with E-state index < -0.39 is 23.6 Å². The Bertz CT molecular complexity index is 1440. The van der Waals surface area contributed by atoms with Crippen molar-refractivity contribution in [3.63, 3.8) is 0 Å². The Morgan fingerprint density at radius 1 is 0.500 bits per heavy atom. The molecule has 1 aliphatic heterocycles. The Labute approximate surface area is 178 Å². The van der Waals surface area contributed by atoms with Crippen LogP contribution in [0.15, 0.2) is 91.8 Å². The number of imide groups is 2. The molecule has 0 N–H and O–H groups in total. The second kappa shape index (κ2) is 7.43. The molecular formula is C22H12N4O6. The highest BCUT2D eigenvalue weighted by atomic mass is 16.3. The normalized spacial score (nSPS) is 16.0. The molecule has 10 nitrogen and oxygen atoms in total. The first-order valence-electron chi connectivity index (χ1n) is 9.35. The molecule has 1 aliphatic rings. The number of hydrogen-bond donors (Lipinski definition) is 0. The van der Waals surface area contributed by atoms with Crippen LogP contribution in [0.3, 0.4) is 0 Å². The van der Waals surface area contributed by atoms with Crippen molar-refractivity contribution in [2.75, 3.05) is 0 Å². The van der Waals surface area contributed by atoms with Crippen molar-refractivity contribution in [3.05, 3.63) is 83.9 Å². The molecule has 0 spiro atoms. The number of benzene rings is 2. The summed E-state index contributed by atoms with van der Waals surface area (Å²) >= 11 is 0. The minimum atomic E-state index is -1.36. The highest BCUT2D eigenvalue weighted by molar-refractivity contribution is 6.54. The predicted octanol–water partition coefficient (Wildman–Crippen LogP) is 1.23. The molecule has 0 saturated carbocycles. The number of nitrogens with zero attached hydrogens (tertiary/aromatic N) is 4. The van der Waals surface area contributed by atoms with Crippen molar-refractivity contribution in [2.24, 2.45) is 10.2 Å². The summed E-state index contributed by atoms with van der Waals surface area (Å²) < 4.78 is 11.0. The standard InChI is InChI=1S/C22H12N4O6/c27-19-21(29)26(24-18-12-10-14-6-2-4-8-16(14)32-18)22(30)20(28)25(19)23-17-11-9-13-5-1-3-7-15(13)31-17/h1-12H/b23-17-,24-18+. The van der Waals surface area contributed by atoms with Gasteiger partial charge in [-0.2, -0.15) is 0 Å². The summed E-state index contributed by atoms with van der Waals surface area (Å²) in [5.41, 5.74) is 0.609. The van der Waals surface area contributed by atoms with Crippen LogP contribution in [0.25, 0.3) is 21.9 Å². The molecular weight excluding hydrogens is 416 g/mol. The number of carbonyl (C=O) groups excluding carboxylic acids is 4. The number of piperazine rings is 1. The summed E-state index contributed by atoms with van der Waals surface area (Å²) in [5, 5.41) is 9.36. The third kappa shape index (κ3) is 3.25. The van der Waals surface area contributed by atoms with Crippen molar-refractivity contribution in [1.29, 1.82) is 0 Å². The Morgan fingerprint density at radius 2 is 0.875 bits per heavy atom. The van der Waals surface area contributed by atoms with Crippen LogP contribution >= 0.6 is 0 Å². The summed E-state index contributed by atoms with van der Waals surface area (Å²) in [4.78, 5) is 50.0. The van der Waals surface area contributed by atoms with E-state index in [0.717, 1.165) is 10.8 Å². The minimum absolute atomic E-state index is 0.138. The van der Waals surface area contributed by atoms with E-state index >= 15 is 0 Å². The number of amides is 4. The SMILES string of the molecule is O=C1C(=O)N(/N=c2\ccc3ccccc3o2)C(=O)C(=O)N1/N=c1/ccc2ccccc2o1. The number of rotatable bonds is 2. The maximum absolute atomic E-state index is 12.5. The van der Waals surface area contributed by atoms with Gasteiger partial charge in [0, 0.05) is 22.9 Å². The molecule has 5 rings (SSSR count). The van der Waals surface area contributed by atoms with Gasteiger partial charge < -0.3 is 8.83 Å². The third-order valence-corrected chi connectivity index (χ3v) is 4.61. The molecule has 4 amide bonds. The van der Waals surface area contributed by atoms with Crippen LogP contribution in [-0.2, 0) is 19.2 Å². The molecule has 0 unspecified atom stereocenters. The number of hydrogen-bond acceptors (Lipinski definition) is 8. The molecule has 0 radical (unpaired) electrons. The lowest BCUT2D eigenvalue weighted by Crippen LogP contribution is -2.58. The van der Waals surface area contributed by atoms with Crippen LogP contribution in [-0.4, -0.2) is 33.6 Å². The fourth-order valence-electron chi connectivity index (χ4n) is 3.07. The van der Waals surface area contributed by atoms with Gasteiger partial charge in [0.1, 0.15) is 11.2 Å². The largest absolute Gasteiger partial charge is 0.437 e. The van der Waals surface area contributed by atoms with Crippen LogP contribution in [0.4, 0.5) is 0 Å². The first kappa shape index (κ1) is 19.1. The van der Waals surface area contributed by atoms with Crippen molar-refractivity contribution in [3.8, 4) is 0 Å². The Hall–Kier alpha value is -4.86. The van der Waals surface area contributed by atoms with Crippen LogP contribution in [0.5, 0.6) is 0 Å². The second-order valence-electron chi connectivity index (χ2n) is 6.67. The summed E-state index contributed by atoms with van der Waals surface area (Å²) in [7, 11) is 0. The monoisotopic (exact) mass is 428 g/mol. The molecule has 32 heavy (non-hydrogen) atoms. The average Bonchev–Trinajstić information content (AvgIpc) is 2.83. The zero-order valence-electron chi connectivity index (χ0n) is 16.2. The average molecular weight is 428 g/mol. The fraction of sp³-hybridized carbons (Fsp3) is 0. The van der Waals surface area contributed by atoms with Gasteiger partial charge in [-0.1, -0.05) is 36.4 Å². The van der Waals surface area contributed by atoms with Gasteiger partial charge >= 0.3 is 23.6 Å². The van der Waals surface area contributed by atoms with Gasteiger partial charge in [0.2, 0.25) is 11.1 Å².